The van der Waals surface area contributed by atoms with Crippen molar-refractivity contribution in [2.75, 3.05) is 12.9 Å². The fourth-order valence-electron chi connectivity index (χ4n) is 2.48. The fourth-order valence-corrected chi connectivity index (χ4v) is 3.29. The summed E-state index contributed by atoms with van der Waals surface area (Å²) >= 11 is 1.13. The van der Waals surface area contributed by atoms with E-state index in [1.807, 2.05) is 13.8 Å². The van der Waals surface area contributed by atoms with Crippen molar-refractivity contribution in [1.82, 2.24) is 14.9 Å². The van der Waals surface area contributed by atoms with Crippen molar-refractivity contribution in [3.8, 4) is 0 Å². The molecule has 0 bridgehead atoms. The molecule has 2 rings (SSSR count). The van der Waals surface area contributed by atoms with Gasteiger partial charge in [0, 0.05) is 6.04 Å². The van der Waals surface area contributed by atoms with E-state index in [0.717, 1.165) is 24.6 Å². The van der Waals surface area contributed by atoms with Gasteiger partial charge in [-0.2, -0.15) is 0 Å². The molecule has 7 nitrogen and oxygen atoms in total. The van der Waals surface area contributed by atoms with Gasteiger partial charge >= 0.3 is 5.97 Å². The zero-order valence-corrected chi connectivity index (χ0v) is 16.0. The molecule has 1 aromatic heterocycles. The summed E-state index contributed by atoms with van der Waals surface area (Å²) in [6.07, 6.45) is 1.71. The highest BCUT2D eigenvalue weighted by atomic mass is 32.2. The number of aromatic nitrogens is 2. The van der Waals surface area contributed by atoms with Crippen molar-refractivity contribution < 1.29 is 14.3 Å². The number of hydrogen-bond donors (Lipinski definition) is 1. The number of para-hydroxylation sites is 1. The van der Waals surface area contributed by atoms with Crippen molar-refractivity contribution in [2.45, 2.75) is 44.4 Å². The van der Waals surface area contributed by atoms with Gasteiger partial charge in [-0.05, 0) is 25.0 Å². The lowest BCUT2D eigenvalue weighted by molar-refractivity contribution is -0.141. The second-order valence-corrected chi connectivity index (χ2v) is 6.69. The van der Waals surface area contributed by atoms with Gasteiger partial charge in [0.05, 0.1) is 23.8 Å². The van der Waals surface area contributed by atoms with E-state index in [-0.39, 0.29) is 29.8 Å². The normalized spacial score (nSPS) is 10.9. The lowest BCUT2D eigenvalue weighted by Crippen LogP contribution is -2.35. The van der Waals surface area contributed by atoms with Gasteiger partial charge in [0.1, 0.15) is 6.54 Å². The summed E-state index contributed by atoms with van der Waals surface area (Å²) < 4.78 is 5.92. The van der Waals surface area contributed by atoms with Crippen LogP contribution in [0, 0.1) is 0 Å². The van der Waals surface area contributed by atoms with Gasteiger partial charge in [0.15, 0.2) is 5.16 Å². The summed E-state index contributed by atoms with van der Waals surface area (Å²) in [5.41, 5.74) is 0.199. The van der Waals surface area contributed by atoms with Crippen LogP contribution in [0.4, 0.5) is 0 Å². The number of fused-ring (bicyclic) bond motifs is 1. The maximum absolute atomic E-state index is 12.7. The Balaban J connectivity index is 2.29. The molecule has 0 saturated carbocycles. The first-order valence-corrected chi connectivity index (χ1v) is 9.47. The van der Waals surface area contributed by atoms with E-state index in [1.165, 1.54) is 11.7 Å². The third-order valence-corrected chi connectivity index (χ3v) is 5.00. The number of thioether (sulfide) groups is 1. The van der Waals surface area contributed by atoms with Crippen molar-refractivity contribution in [2.24, 2.45) is 0 Å². The molecule has 1 heterocycles. The third-order valence-electron chi connectivity index (χ3n) is 4.02. The van der Waals surface area contributed by atoms with Gasteiger partial charge in [0.25, 0.3) is 5.56 Å². The standard InChI is InChI=1S/C18H23N3O4S/c1-4-12(5-2)19-15(22)11-26-18-20-14-9-7-6-8-13(14)17(24)21(18)10-16(23)25-3/h6-9,12H,4-5,10-11H2,1-3H3,(H,19,22). The number of esters is 1. The molecule has 0 aliphatic rings. The first-order valence-electron chi connectivity index (χ1n) is 8.48. The summed E-state index contributed by atoms with van der Waals surface area (Å²) in [4.78, 5) is 41.0. The van der Waals surface area contributed by atoms with E-state index in [0.29, 0.717) is 16.1 Å². The predicted octanol–water partition coefficient (Wildman–Crippen LogP) is 1.97. The lowest BCUT2D eigenvalue weighted by Gasteiger charge is -2.15. The van der Waals surface area contributed by atoms with Gasteiger partial charge < -0.3 is 10.1 Å². The second kappa shape index (κ2) is 9.38. The number of nitrogens with zero attached hydrogens (tertiary/aromatic N) is 2. The molecule has 0 aliphatic carbocycles. The van der Waals surface area contributed by atoms with E-state index in [9.17, 15) is 14.4 Å². The molecule has 1 N–H and O–H groups in total. The first-order chi connectivity index (χ1) is 12.5. The molecular formula is C18H23N3O4S. The molecule has 1 aromatic carbocycles. The van der Waals surface area contributed by atoms with Crippen LogP contribution >= 0.6 is 11.8 Å². The predicted molar refractivity (Wildman–Crippen MR) is 101 cm³/mol. The molecule has 2 aromatic rings. The van der Waals surface area contributed by atoms with E-state index in [1.54, 1.807) is 24.3 Å². The third kappa shape index (κ3) is 4.85. The van der Waals surface area contributed by atoms with Gasteiger partial charge in [-0.3, -0.25) is 19.0 Å². The summed E-state index contributed by atoms with van der Waals surface area (Å²) in [6, 6.07) is 7.04. The number of carbonyl (C=O) groups excluding carboxylic acids is 2. The average Bonchev–Trinajstić information content (AvgIpc) is 2.66. The number of amides is 1. The zero-order valence-electron chi connectivity index (χ0n) is 15.2. The minimum Gasteiger partial charge on any atom is -0.468 e. The Morgan fingerprint density at radius 1 is 1.27 bits per heavy atom. The molecule has 8 heteroatoms. The number of hydrogen-bond acceptors (Lipinski definition) is 6. The Hall–Kier alpha value is -2.35. The number of rotatable bonds is 8. The van der Waals surface area contributed by atoms with E-state index in [2.05, 4.69) is 15.0 Å². The van der Waals surface area contributed by atoms with Crippen LogP contribution in [0.3, 0.4) is 0 Å². The number of benzene rings is 1. The smallest absolute Gasteiger partial charge is 0.325 e. The molecule has 1 amide bonds. The van der Waals surface area contributed by atoms with Crippen molar-refractivity contribution in [3.05, 3.63) is 34.6 Å². The number of nitrogens with one attached hydrogen (secondary N) is 1. The van der Waals surface area contributed by atoms with E-state index in [4.69, 9.17) is 0 Å². The first kappa shape index (κ1) is 20.0. The van der Waals surface area contributed by atoms with Crippen LogP contribution in [0.15, 0.2) is 34.2 Å². The van der Waals surface area contributed by atoms with Crippen LogP contribution < -0.4 is 10.9 Å². The molecule has 0 atom stereocenters. The molecular weight excluding hydrogens is 354 g/mol. The van der Waals surface area contributed by atoms with Crippen LogP contribution in [-0.4, -0.2) is 40.3 Å². The summed E-state index contributed by atoms with van der Waals surface area (Å²) in [5, 5.41) is 3.68. The fraction of sp³-hybridized carbons (Fsp3) is 0.444. The number of methoxy groups -OCH3 is 1. The molecule has 0 spiro atoms. The lowest BCUT2D eigenvalue weighted by atomic mass is 10.2. The number of carbonyl (C=O) groups is 2. The van der Waals surface area contributed by atoms with Gasteiger partial charge in [0.2, 0.25) is 5.91 Å². The molecule has 140 valence electrons. The monoisotopic (exact) mass is 377 g/mol. The quantitative estimate of drug-likeness (QED) is 0.430. The second-order valence-electron chi connectivity index (χ2n) is 5.75. The Bertz CT molecular complexity index is 846. The Morgan fingerprint density at radius 2 is 1.96 bits per heavy atom. The molecule has 26 heavy (non-hydrogen) atoms. The Kier molecular flexibility index (Phi) is 7.20. The Morgan fingerprint density at radius 3 is 2.62 bits per heavy atom. The highest BCUT2D eigenvalue weighted by molar-refractivity contribution is 7.99. The van der Waals surface area contributed by atoms with Crippen LogP contribution in [0.2, 0.25) is 0 Å². The zero-order chi connectivity index (χ0) is 19.1. The highest BCUT2D eigenvalue weighted by Crippen LogP contribution is 2.18. The SMILES string of the molecule is CCC(CC)NC(=O)CSc1nc2ccccc2c(=O)n1CC(=O)OC. The van der Waals surface area contributed by atoms with Crippen LogP contribution in [0.25, 0.3) is 10.9 Å². The number of ether oxygens (including phenoxy) is 1. The van der Waals surface area contributed by atoms with E-state index >= 15 is 0 Å². The van der Waals surface area contributed by atoms with Crippen LogP contribution in [0.5, 0.6) is 0 Å². The van der Waals surface area contributed by atoms with E-state index < -0.39 is 5.97 Å². The van der Waals surface area contributed by atoms with Crippen molar-refractivity contribution >= 4 is 34.5 Å². The topological polar surface area (TPSA) is 90.3 Å². The summed E-state index contributed by atoms with van der Waals surface area (Å²) in [5.74, 6) is -0.564. The molecule has 0 saturated heterocycles. The van der Waals surface area contributed by atoms with Gasteiger partial charge in [-0.25, -0.2) is 4.98 Å². The average molecular weight is 377 g/mol. The molecule has 0 aliphatic heterocycles. The summed E-state index contributed by atoms with van der Waals surface area (Å²) in [6.45, 7) is 3.78. The largest absolute Gasteiger partial charge is 0.468 e. The molecule has 0 radical (unpaired) electrons. The maximum atomic E-state index is 12.7. The van der Waals surface area contributed by atoms with Crippen LogP contribution in [-0.2, 0) is 20.9 Å². The molecule has 0 unspecified atom stereocenters. The van der Waals surface area contributed by atoms with Gasteiger partial charge in [-0.15, -0.1) is 0 Å². The highest BCUT2D eigenvalue weighted by Gasteiger charge is 2.16. The maximum Gasteiger partial charge on any atom is 0.325 e. The van der Waals surface area contributed by atoms with Crippen LogP contribution in [0.1, 0.15) is 26.7 Å². The van der Waals surface area contributed by atoms with Crippen molar-refractivity contribution in [3.63, 3.8) is 0 Å². The van der Waals surface area contributed by atoms with Crippen molar-refractivity contribution in [1.29, 1.82) is 0 Å². The minimum atomic E-state index is -0.549. The molecule has 0 fully saturated rings. The Labute approximate surface area is 156 Å². The summed E-state index contributed by atoms with van der Waals surface area (Å²) in [7, 11) is 1.26. The van der Waals surface area contributed by atoms with Gasteiger partial charge in [-0.1, -0.05) is 37.7 Å². The minimum absolute atomic E-state index is 0.114.